The van der Waals surface area contributed by atoms with Crippen molar-refractivity contribution in [3.63, 3.8) is 0 Å². The predicted molar refractivity (Wildman–Crippen MR) is 79.7 cm³/mol. The van der Waals surface area contributed by atoms with E-state index in [-0.39, 0.29) is 11.2 Å². The first-order chi connectivity index (χ1) is 10.0. The molecule has 8 heteroatoms. The van der Waals surface area contributed by atoms with Gasteiger partial charge in [-0.2, -0.15) is 0 Å². The first-order valence-electron chi connectivity index (χ1n) is 6.31. The van der Waals surface area contributed by atoms with Crippen LogP contribution >= 0.6 is 11.8 Å². The smallest absolute Gasteiger partial charge is 0.235 e. The van der Waals surface area contributed by atoms with Crippen molar-refractivity contribution in [2.45, 2.75) is 17.3 Å². The van der Waals surface area contributed by atoms with Gasteiger partial charge in [0.1, 0.15) is 6.33 Å². The second kappa shape index (κ2) is 6.57. The minimum atomic E-state index is -0.242. The summed E-state index contributed by atoms with van der Waals surface area (Å²) < 4.78 is 6.82. The number of hydrogen-bond acceptors (Lipinski definition) is 6. The van der Waals surface area contributed by atoms with Crippen LogP contribution in [0.25, 0.3) is 5.69 Å². The number of thioether (sulfide) groups is 1. The summed E-state index contributed by atoms with van der Waals surface area (Å²) in [6, 6.07) is 3.62. The van der Waals surface area contributed by atoms with E-state index in [4.69, 9.17) is 4.74 Å². The summed E-state index contributed by atoms with van der Waals surface area (Å²) in [7, 11) is 5.03. The molecule has 0 saturated carbocycles. The Bertz CT molecular complexity index is 611. The van der Waals surface area contributed by atoms with Crippen molar-refractivity contribution >= 4 is 17.7 Å². The van der Waals surface area contributed by atoms with Crippen LogP contribution in [-0.4, -0.2) is 57.0 Å². The molecule has 0 bridgehead atoms. The number of hydrogen-bond donors (Lipinski definition) is 0. The van der Waals surface area contributed by atoms with E-state index in [2.05, 4.69) is 15.2 Å². The first kappa shape index (κ1) is 15.3. The van der Waals surface area contributed by atoms with Gasteiger partial charge in [-0.05, 0) is 13.0 Å². The number of pyridine rings is 1. The Morgan fingerprint density at radius 1 is 1.43 bits per heavy atom. The number of ether oxygens (including phenoxy) is 1. The lowest BCUT2D eigenvalue weighted by Gasteiger charge is -2.16. The van der Waals surface area contributed by atoms with E-state index in [9.17, 15) is 4.79 Å². The van der Waals surface area contributed by atoms with Crippen molar-refractivity contribution in [1.29, 1.82) is 0 Å². The molecule has 0 aliphatic carbocycles. The Kier molecular flexibility index (Phi) is 4.79. The molecule has 1 atom stereocenters. The zero-order valence-corrected chi connectivity index (χ0v) is 13.2. The van der Waals surface area contributed by atoms with Gasteiger partial charge < -0.3 is 9.64 Å². The van der Waals surface area contributed by atoms with Crippen molar-refractivity contribution in [3.8, 4) is 11.6 Å². The minimum Gasteiger partial charge on any atom is -0.481 e. The van der Waals surface area contributed by atoms with Gasteiger partial charge in [-0.15, -0.1) is 10.2 Å². The largest absolute Gasteiger partial charge is 0.481 e. The van der Waals surface area contributed by atoms with E-state index in [1.807, 2.05) is 13.0 Å². The van der Waals surface area contributed by atoms with Crippen molar-refractivity contribution in [3.05, 3.63) is 24.7 Å². The number of aromatic nitrogens is 4. The maximum absolute atomic E-state index is 11.9. The van der Waals surface area contributed by atoms with Crippen LogP contribution in [0, 0.1) is 0 Å². The van der Waals surface area contributed by atoms with E-state index < -0.39 is 0 Å². The van der Waals surface area contributed by atoms with E-state index >= 15 is 0 Å². The molecule has 0 aromatic carbocycles. The highest BCUT2D eigenvalue weighted by Crippen LogP contribution is 2.24. The van der Waals surface area contributed by atoms with Gasteiger partial charge in [0.2, 0.25) is 11.8 Å². The number of carbonyl (C=O) groups excluding carboxylic acids is 1. The minimum absolute atomic E-state index is 0.0300. The lowest BCUT2D eigenvalue weighted by molar-refractivity contribution is -0.127. The van der Waals surface area contributed by atoms with Crippen LogP contribution < -0.4 is 4.74 Å². The molecule has 21 heavy (non-hydrogen) atoms. The van der Waals surface area contributed by atoms with Crippen LogP contribution in [0.1, 0.15) is 6.92 Å². The van der Waals surface area contributed by atoms with Crippen molar-refractivity contribution in [1.82, 2.24) is 24.6 Å². The van der Waals surface area contributed by atoms with Gasteiger partial charge in [-0.25, -0.2) is 4.98 Å². The topological polar surface area (TPSA) is 73.1 Å². The fourth-order valence-electron chi connectivity index (χ4n) is 1.69. The second-order valence-electron chi connectivity index (χ2n) is 4.54. The molecule has 0 spiro atoms. The van der Waals surface area contributed by atoms with Gasteiger partial charge in [0.15, 0.2) is 5.16 Å². The highest BCUT2D eigenvalue weighted by Gasteiger charge is 2.19. The molecule has 0 radical (unpaired) electrons. The number of amides is 1. The number of methoxy groups -OCH3 is 1. The molecule has 2 aromatic heterocycles. The Hall–Kier alpha value is -2.09. The van der Waals surface area contributed by atoms with Crippen molar-refractivity contribution in [2.24, 2.45) is 0 Å². The molecule has 0 aliphatic heterocycles. The lowest BCUT2D eigenvalue weighted by Crippen LogP contribution is -2.29. The molecule has 2 aromatic rings. The summed E-state index contributed by atoms with van der Waals surface area (Å²) in [5.74, 6) is 0.569. The summed E-state index contributed by atoms with van der Waals surface area (Å²) in [5, 5.41) is 8.37. The maximum atomic E-state index is 11.9. The Morgan fingerprint density at radius 2 is 2.19 bits per heavy atom. The van der Waals surface area contributed by atoms with Crippen LogP contribution in [0.5, 0.6) is 5.88 Å². The molecule has 0 aliphatic rings. The van der Waals surface area contributed by atoms with Crippen molar-refractivity contribution < 1.29 is 9.53 Å². The number of rotatable bonds is 5. The second-order valence-corrected chi connectivity index (χ2v) is 5.84. The van der Waals surface area contributed by atoms with Gasteiger partial charge in [0.25, 0.3) is 0 Å². The average molecular weight is 307 g/mol. The third kappa shape index (κ3) is 3.52. The highest BCUT2D eigenvalue weighted by atomic mass is 32.2. The number of carbonyl (C=O) groups is 1. The summed E-state index contributed by atoms with van der Waals surface area (Å²) in [4.78, 5) is 17.6. The molecule has 2 heterocycles. The summed E-state index contributed by atoms with van der Waals surface area (Å²) in [6.07, 6.45) is 3.27. The molecule has 7 nitrogen and oxygen atoms in total. The summed E-state index contributed by atoms with van der Waals surface area (Å²) in [5.41, 5.74) is 0.813. The standard InChI is InChI=1S/C13H17N5O2S/c1-9(12(19)17(2)3)21-13-16-15-8-18(13)10-5-6-11(20-4)14-7-10/h5-9H,1-4H3/t9-/m1/s1. The fraction of sp³-hybridized carbons (Fsp3) is 0.385. The van der Waals surface area contributed by atoms with Gasteiger partial charge in [0, 0.05) is 20.2 Å². The van der Waals surface area contributed by atoms with E-state index in [1.165, 1.54) is 11.8 Å². The SMILES string of the molecule is COc1ccc(-n2cnnc2S[C@H](C)C(=O)N(C)C)cn1. The Labute approximate surface area is 127 Å². The molecule has 2 rings (SSSR count). The van der Waals surface area contributed by atoms with Gasteiger partial charge in [0.05, 0.1) is 24.2 Å². The molecule has 0 saturated heterocycles. The average Bonchev–Trinajstić information content (AvgIpc) is 2.94. The van der Waals surface area contributed by atoms with Gasteiger partial charge in [-0.1, -0.05) is 11.8 Å². The first-order valence-corrected chi connectivity index (χ1v) is 7.19. The molecule has 0 fully saturated rings. The highest BCUT2D eigenvalue weighted by molar-refractivity contribution is 8.00. The summed E-state index contributed by atoms with van der Waals surface area (Å²) >= 11 is 1.36. The van der Waals surface area contributed by atoms with E-state index in [0.29, 0.717) is 11.0 Å². The third-order valence-corrected chi connectivity index (χ3v) is 3.84. The normalized spacial score (nSPS) is 12.0. The molecule has 112 valence electrons. The Morgan fingerprint density at radius 3 is 2.76 bits per heavy atom. The zero-order valence-electron chi connectivity index (χ0n) is 12.3. The molecule has 0 N–H and O–H groups in total. The quantitative estimate of drug-likeness (QED) is 0.774. The predicted octanol–water partition coefficient (Wildman–Crippen LogP) is 1.24. The van der Waals surface area contributed by atoms with Crippen LogP contribution in [0.3, 0.4) is 0 Å². The summed E-state index contributed by atoms with van der Waals surface area (Å²) in [6.45, 7) is 1.85. The van der Waals surface area contributed by atoms with Crippen LogP contribution in [0.2, 0.25) is 0 Å². The van der Waals surface area contributed by atoms with Gasteiger partial charge >= 0.3 is 0 Å². The van der Waals surface area contributed by atoms with Crippen LogP contribution in [0.15, 0.2) is 29.8 Å². The Balaban J connectivity index is 2.20. The number of nitrogens with zero attached hydrogens (tertiary/aromatic N) is 5. The van der Waals surface area contributed by atoms with Crippen LogP contribution in [-0.2, 0) is 4.79 Å². The van der Waals surface area contributed by atoms with E-state index in [0.717, 1.165) is 5.69 Å². The maximum Gasteiger partial charge on any atom is 0.235 e. The fourth-order valence-corrected chi connectivity index (χ4v) is 2.68. The monoisotopic (exact) mass is 307 g/mol. The zero-order chi connectivity index (χ0) is 15.4. The molecule has 0 unspecified atom stereocenters. The van der Waals surface area contributed by atoms with E-state index in [1.54, 1.807) is 49.3 Å². The molecule has 1 amide bonds. The van der Waals surface area contributed by atoms with Crippen LogP contribution in [0.4, 0.5) is 0 Å². The van der Waals surface area contributed by atoms with Gasteiger partial charge in [-0.3, -0.25) is 9.36 Å². The molecular weight excluding hydrogens is 290 g/mol. The third-order valence-electron chi connectivity index (χ3n) is 2.80. The lowest BCUT2D eigenvalue weighted by atomic mass is 10.4. The molecular formula is C13H17N5O2S. The van der Waals surface area contributed by atoms with Crippen molar-refractivity contribution in [2.75, 3.05) is 21.2 Å².